The number of aromatic nitrogens is 1. The number of nitrogens with one attached hydrogen (secondary N) is 3. The van der Waals surface area contributed by atoms with Crippen LogP contribution in [0.15, 0.2) is 97.2 Å². The third-order valence-corrected chi connectivity index (χ3v) is 8.91. The fraction of sp³-hybridized carbons (Fsp3) is 0.297. The molecule has 226 valence electrons. The van der Waals surface area contributed by atoms with Gasteiger partial charge in [-0.05, 0) is 78.5 Å². The smallest absolute Gasteiger partial charge is 0.318 e. The van der Waals surface area contributed by atoms with E-state index < -0.39 is 6.04 Å². The molecule has 6 rings (SSSR count). The van der Waals surface area contributed by atoms with Gasteiger partial charge in [0.1, 0.15) is 6.04 Å². The summed E-state index contributed by atoms with van der Waals surface area (Å²) in [6.07, 6.45) is 3.72. The lowest BCUT2D eigenvalue weighted by atomic mass is 9.86. The van der Waals surface area contributed by atoms with Crippen LogP contribution in [0, 0.1) is 0 Å². The Morgan fingerprint density at radius 3 is 2.41 bits per heavy atom. The van der Waals surface area contributed by atoms with Crippen LogP contribution in [0.3, 0.4) is 0 Å². The summed E-state index contributed by atoms with van der Waals surface area (Å²) in [6.45, 7) is 4.06. The molecule has 1 fully saturated rings. The van der Waals surface area contributed by atoms with Gasteiger partial charge in [0.25, 0.3) is 0 Å². The van der Waals surface area contributed by atoms with E-state index in [-0.39, 0.29) is 17.9 Å². The summed E-state index contributed by atoms with van der Waals surface area (Å²) < 4.78 is 0. The SMILES string of the molecule is C[C@@H](c1c[nH]c2ccccc12)[C@@H](NC(=O)N1CCC(c2cccc3ccccc23)CC1)C(=O)Nc1cccc(CN(C)C)c1. The van der Waals surface area contributed by atoms with Crippen LogP contribution >= 0.6 is 0 Å². The van der Waals surface area contributed by atoms with Gasteiger partial charge in [0.05, 0.1) is 0 Å². The second-order valence-electron chi connectivity index (χ2n) is 12.3. The molecule has 4 aromatic carbocycles. The van der Waals surface area contributed by atoms with Crippen molar-refractivity contribution in [2.24, 2.45) is 0 Å². The number of fused-ring (bicyclic) bond motifs is 2. The quantitative estimate of drug-likeness (QED) is 0.181. The molecule has 0 bridgehead atoms. The monoisotopic (exact) mass is 587 g/mol. The minimum Gasteiger partial charge on any atom is -0.361 e. The number of hydrogen-bond acceptors (Lipinski definition) is 3. The van der Waals surface area contributed by atoms with Crippen LogP contribution < -0.4 is 10.6 Å². The van der Waals surface area contributed by atoms with Crippen LogP contribution in [0.2, 0.25) is 0 Å². The largest absolute Gasteiger partial charge is 0.361 e. The Labute approximate surface area is 259 Å². The Bertz CT molecular complexity index is 1760. The molecule has 3 N–H and O–H groups in total. The first-order valence-electron chi connectivity index (χ1n) is 15.5. The minimum absolute atomic E-state index is 0.199. The zero-order chi connectivity index (χ0) is 30.6. The molecule has 7 heteroatoms. The van der Waals surface area contributed by atoms with Crippen molar-refractivity contribution in [1.82, 2.24) is 20.1 Å². The second kappa shape index (κ2) is 12.9. The van der Waals surface area contributed by atoms with E-state index in [9.17, 15) is 9.59 Å². The van der Waals surface area contributed by atoms with Crippen LogP contribution in [0.5, 0.6) is 0 Å². The number of anilines is 1. The van der Waals surface area contributed by atoms with Gasteiger partial charge < -0.3 is 25.4 Å². The zero-order valence-electron chi connectivity index (χ0n) is 25.7. The molecule has 1 aromatic heterocycles. The number of piperidine rings is 1. The van der Waals surface area contributed by atoms with Gasteiger partial charge in [-0.1, -0.05) is 79.7 Å². The van der Waals surface area contributed by atoms with Gasteiger partial charge in [0, 0.05) is 48.3 Å². The summed E-state index contributed by atoms with van der Waals surface area (Å²) in [5.74, 6) is -0.110. The predicted molar refractivity (Wildman–Crippen MR) is 179 cm³/mol. The molecule has 1 aliphatic heterocycles. The number of urea groups is 1. The molecule has 1 aliphatic rings. The Balaban J connectivity index is 1.20. The second-order valence-corrected chi connectivity index (χ2v) is 12.3. The molecule has 5 aromatic rings. The molecule has 0 spiro atoms. The number of aromatic amines is 1. The minimum atomic E-state index is -0.769. The maximum atomic E-state index is 13.9. The van der Waals surface area contributed by atoms with Crippen LogP contribution in [0.4, 0.5) is 10.5 Å². The summed E-state index contributed by atoms with van der Waals surface area (Å²) in [5.41, 5.74) is 5.18. The van der Waals surface area contributed by atoms with Crippen molar-refractivity contribution in [3.8, 4) is 0 Å². The van der Waals surface area contributed by atoms with E-state index >= 15 is 0 Å². The van der Waals surface area contributed by atoms with Crippen molar-refractivity contribution in [2.75, 3.05) is 32.5 Å². The molecule has 0 unspecified atom stereocenters. The molecular formula is C37H41N5O2. The Morgan fingerprint density at radius 1 is 0.909 bits per heavy atom. The van der Waals surface area contributed by atoms with E-state index in [0.717, 1.165) is 47.1 Å². The molecule has 0 aliphatic carbocycles. The number of carbonyl (C=O) groups is 2. The van der Waals surface area contributed by atoms with Gasteiger partial charge >= 0.3 is 6.03 Å². The van der Waals surface area contributed by atoms with E-state index in [2.05, 4.69) is 69.0 Å². The lowest BCUT2D eigenvalue weighted by Crippen LogP contribution is -2.53. The number of hydrogen-bond donors (Lipinski definition) is 3. The van der Waals surface area contributed by atoms with Crippen molar-refractivity contribution in [1.29, 1.82) is 0 Å². The van der Waals surface area contributed by atoms with Gasteiger partial charge in [-0.3, -0.25) is 4.79 Å². The standard InChI is InChI=1S/C37H41N5O2/c1-25(33-23-38-34-17-7-6-15-32(33)34)35(36(43)39-29-13-8-10-26(22-29)24-41(2)3)40-37(44)42-20-18-28(19-21-42)31-16-9-12-27-11-4-5-14-30(27)31/h4-17,22-23,25,28,35,38H,18-21,24H2,1-3H3,(H,39,43)(H,40,44)/t25-,35+/m0/s1. The number of benzene rings is 4. The highest BCUT2D eigenvalue weighted by Crippen LogP contribution is 2.34. The number of para-hydroxylation sites is 1. The zero-order valence-corrected chi connectivity index (χ0v) is 25.7. The molecule has 2 heterocycles. The molecule has 1 saturated heterocycles. The Hall–Kier alpha value is -4.62. The highest BCUT2D eigenvalue weighted by molar-refractivity contribution is 5.98. The molecule has 3 amide bonds. The number of rotatable bonds is 8. The van der Waals surface area contributed by atoms with Crippen molar-refractivity contribution < 1.29 is 9.59 Å². The Kier molecular flexibility index (Phi) is 8.66. The van der Waals surface area contributed by atoms with E-state index in [1.54, 1.807) is 0 Å². The predicted octanol–water partition coefficient (Wildman–Crippen LogP) is 7.08. The topological polar surface area (TPSA) is 80.5 Å². The first kappa shape index (κ1) is 29.5. The normalized spacial score (nSPS) is 15.4. The summed E-state index contributed by atoms with van der Waals surface area (Å²) in [5, 5.41) is 9.83. The Morgan fingerprint density at radius 2 is 1.61 bits per heavy atom. The van der Waals surface area contributed by atoms with Crippen molar-refractivity contribution in [2.45, 2.75) is 44.2 Å². The number of likely N-dealkylation sites (tertiary alicyclic amines) is 1. The van der Waals surface area contributed by atoms with Crippen molar-refractivity contribution >= 4 is 39.3 Å². The van der Waals surface area contributed by atoms with E-state index in [1.165, 1.54) is 16.3 Å². The van der Waals surface area contributed by atoms with Gasteiger partial charge in [-0.15, -0.1) is 0 Å². The van der Waals surface area contributed by atoms with Crippen molar-refractivity contribution in [3.63, 3.8) is 0 Å². The number of carbonyl (C=O) groups excluding carboxylic acids is 2. The van der Waals surface area contributed by atoms with Crippen LogP contribution in [0.25, 0.3) is 21.7 Å². The fourth-order valence-corrected chi connectivity index (χ4v) is 6.62. The first-order chi connectivity index (χ1) is 21.4. The maximum absolute atomic E-state index is 13.9. The van der Waals surface area contributed by atoms with E-state index in [0.29, 0.717) is 19.0 Å². The number of nitrogens with zero attached hydrogens (tertiary/aromatic N) is 2. The van der Waals surface area contributed by atoms with Crippen LogP contribution in [-0.4, -0.2) is 59.9 Å². The fourth-order valence-electron chi connectivity index (χ4n) is 6.62. The lowest BCUT2D eigenvalue weighted by Gasteiger charge is -2.34. The van der Waals surface area contributed by atoms with Crippen LogP contribution in [-0.2, 0) is 11.3 Å². The number of amides is 3. The van der Waals surface area contributed by atoms with E-state index in [1.807, 2.05) is 74.6 Å². The molecule has 0 saturated carbocycles. The molecule has 7 nitrogen and oxygen atoms in total. The molecule has 2 atom stereocenters. The van der Waals surface area contributed by atoms with Gasteiger partial charge in [0.2, 0.25) is 5.91 Å². The van der Waals surface area contributed by atoms with Crippen LogP contribution in [0.1, 0.15) is 48.3 Å². The highest BCUT2D eigenvalue weighted by atomic mass is 16.2. The molecule has 44 heavy (non-hydrogen) atoms. The van der Waals surface area contributed by atoms with Crippen molar-refractivity contribution in [3.05, 3.63) is 114 Å². The summed E-state index contributed by atoms with van der Waals surface area (Å²) in [4.78, 5) is 35.0. The van der Waals surface area contributed by atoms with Gasteiger partial charge in [-0.25, -0.2) is 4.79 Å². The average Bonchev–Trinajstić information content (AvgIpc) is 3.47. The first-order valence-corrected chi connectivity index (χ1v) is 15.5. The average molecular weight is 588 g/mol. The molecule has 0 radical (unpaired) electrons. The number of H-pyrrole nitrogens is 1. The highest BCUT2D eigenvalue weighted by Gasteiger charge is 2.33. The maximum Gasteiger partial charge on any atom is 0.318 e. The van der Waals surface area contributed by atoms with Gasteiger partial charge in [0.15, 0.2) is 0 Å². The summed E-state index contributed by atoms with van der Waals surface area (Å²) in [6, 6.07) is 30.0. The third-order valence-electron chi connectivity index (χ3n) is 8.91. The lowest BCUT2D eigenvalue weighted by molar-refractivity contribution is -0.118. The molecular weight excluding hydrogens is 546 g/mol. The summed E-state index contributed by atoms with van der Waals surface area (Å²) >= 11 is 0. The summed E-state index contributed by atoms with van der Waals surface area (Å²) in [7, 11) is 4.04. The van der Waals surface area contributed by atoms with E-state index in [4.69, 9.17) is 0 Å². The third kappa shape index (κ3) is 6.33. The van der Waals surface area contributed by atoms with Gasteiger partial charge in [-0.2, -0.15) is 0 Å².